The number of methoxy groups -OCH3 is 1. The number of carbonyl (C=O) groups is 1. The highest BCUT2D eigenvalue weighted by molar-refractivity contribution is 5.81. The zero-order chi connectivity index (χ0) is 9.56. The Hall–Kier alpha value is -0.830. The normalized spacial score (nSPS) is 16.0. The molecule has 0 aromatic heterocycles. The molecule has 0 radical (unpaired) electrons. The van der Waals surface area contributed by atoms with Crippen molar-refractivity contribution in [1.29, 1.82) is 0 Å². The molecule has 3 nitrogen and oxygen atoms in total. The van der Waals surface area contributed by atoms with Crippen LogP contribution in [-0.2, 0) is 9.53 Å². The average molecular weight is 172 g/mol. The summed E-state index contributed by atoms with van der Waals surface area (Å²) in [6.45, 7) is 3.66. The third kappa shape index (κ3) is 4.13. The molecule has 0 aliphatic carbocycles. The summed E-state index contributed by atoms with van der Waals surface area (Å²) in [5.41, 5.74) is 0. The molecular formula is C9H16O3. The van der Waals surface area contributed by atoms with Crippen LogP contribution in [0.25, 0.3) is 0 Å². The van der Waals surface area contributed by atoms with Crippen LogP contribution < -0.4 is 0 Å². The Labute approximate surface area is 73.0 Å². The standard InChI is InChI=1S/C9H16O3/c1-4-8(7(2)10)5-6-9(11)12-3/h5-8,10H,4H2,1-3H3/b6-5+/t7-,8+/m1/s1. The van der Waals surface area contributed by atoms with Gasteiger partial charge in [0, 0.05) is 12.0 Å². The molecule has 0 aromatic carbocycles. The van der Waals surface area contributed by atoms with E-state index in [0.29, 0.717) is 0 Å². The van der Waals surface area contributed by atoms with Gasteiger partial charge >= 0.3 is 5.97 Å². The second-order valence-corrected chi connectivity index (χ2v) is 2.69. The predicted octanol–water partition coefficient (Wildman–Crippen LogP) is 1.12. The Bertz CT molecular complexity index is 161. The van der Waals surface area contributed by atoms with Crippen LogP contribution in [0.1, 0.15) is 20.3 Å². The number of rotatable bonds is 4. The van der Waals surface area contributed by atoms with Crippen LogP contribution in [-0.4, -0.2) is 24.3 Å². The third-order valence-electron chi connectivity index (χ3n) is 1.77. The topological polar surface area (TPSA) is 46.5 Å². The highest BCUT2D eigenvalue weighted by Gasteiger charge is 2.08. The maximum Gasteiger partial charge on any atom is 0.330 e. The lowest BCUT2D eigenvalue weighted by Gasteiger charge is -2.12. The van der Waals surface area contributed by atoms with Crippen molar-refractivity contribution in [2.45, 2.75) is 26.4 Å². The lowest BCUT2D eigenvalue weighted by molar-refractivity contribution is -0.134. The van der Waals surface area contributed by atoms with E-state index in [9.17, 15) is 9.90 Å². The molecule has 0 spiro atoms. The molecule has 12 heavy (non-hydrogen) atoms. The molecule has 0 unspecified atom stereocenters. The van der Waals surface area contributed by atoms with E-state index < -0.39 is 6.10 Å². The van der Waals surface area contributed by atoms with Crippen LogP contribution in [0.15, 0.2) is 12.2 Å². The summed E-state index contributed by atoms with van der Waals surface area (Å²) in [7, 11) is 1.33. The summed E-state index contributed by atoms with van der Waals surface area (Å²) < 4.78 is 4.42. The fourth-order valence-electron chi connectivity index (χ4n) is 0.908. The van der Waals surface area contributed by atoms with E-state index >= 15 is 0 Å². The molecule has 0 saturated carbocycles. The van der Waals surface area contributed by atoms with Crippen molar-refractivity contribution in [2.24, 2.45) is 5.92 Å². The minimum absolute atomic E-state index is 0.0316. The maximum atomic E-state index is 10.7. The van der Waals surface area contributed by atoms with Gasteiger partial charge in [-0.3, -0.25) is 0 Å². The molecule has 0 bridgehead atoms. The summed E-state index contributed by atoms with van der Waals surface area (Å²) in [6, 6.07) is 0. The van der Waals surface area contributed by atoms with Crippen molar-refractivity contribution in [3.63, 3.8) is 0 Å². The van der Waals surface area contributed by atoms with E-state index in [1.807, 2.05) is 6.92 Å². The van der Waals surface area contributed by atoms with Crippen molar-refractivity contribution in [3.05, 3.63) is 12.2 Å². The van der Waals surface area contributed by atoms with Crippen molar-refractivity contribution in [1.82, 2.24) is 0 Å². The first kappa shape index (κ1) is 11.2. The molecule has 0 aliphatic heterocycles. The minimum Gasteiger partial charge on any atom is -0.466 e. The smallest absolute Gasteiger partial charge is 0.330 e. The van der Waals surface area contributed by atoms with Crippen molar-refractivity contribution >= 4 is 5.97 Å². The lowest BCUT2D eigenvalue weighted by atomic mass is 10.0. The van der Waals surface area contributed by atoms with Gasteiger partial charge in [0.15, 0.2) is 0 Å². The number of esters is 1. The van der Waals surface area contributed by atoms with Gasteiger partial charge in [-0.1, -0.05) is 13.0 Å². The van der Waals surface area contributed by atoms with E-state index in [2.05, 4.69) is 4.74 Å². The molecule has 0 saturated heterocycles. The number of aliphatic hydroxyl groups excluding tert-OH is 1. The lowest BCUT2D eigenvalue weighted by Crippen LogP contribution is -2.13. The molecule has 0 heterocycles. The van der Waals surface area contributed by atoms with E-state index in [-0.39, 0.29) is 11.9 Å². The molecule has 1 N–H and O–H groups in total. The minimum atomic E-state index is -0.420. The van der Waals surface area contributed by atoms with Gasteiger partial charge in [-0.25, -0.2) is 4.79 Å². The van der Waals surface area contributed by atoms with Crippen molar-refractivity contribution in [3.8, 4) is 0 Å². The second kappa shape index (κ2) is 5.77. The summed E-state index contributed by atoms with van der Waals surface area (Å²) >= 11 is 0. The number of hydrogen-bond donors (Lipinski definition) is 1. The Kier molecular flexibility index (Phi) is 5.37. The summed E-state index contributed by atoms with van der Waals surface area (Å²) in [5.74, 6) is -0.349. The molecule has 3 heteroatoms. The Balaban J connectivity index is 4.01. The Morgan fingerprint density at radius 2 is 2.25 bits per heavy atom. The SMILES string of the molecule is CC[C@@H](/C=C/C(=O)OC)[C@@H](C)O. The van der Waals surface area contributed by atoms with Crippen LogP contribution in [0.5, 0.6) is 0 Å². The van der Waals surface area contributed by atoms with Gasteiger partial charge in [0.1, 0.15) is 0 Å². The zero-order valence-corrected chi connectivity index (χ0v) is 7.78. The number of aliphatic hydroxyl groups is 1. The Morgan fingerprint density at radius 1 is 1.67 bits per heavy atom. The molecular weight excluding hydrogens is 156 g/mol. The average Bonchev–Trinajstić information content (AvgIpc) is 2.04. The summed E-state index contributed by atoms with van der Waals surface area (Å²) in [4.78, 5) is 10.7. The first-order valence-corrected chi connectivity index (χ1v) is 4.06. The number of carbonyl (C=O) groups excluding carboxylic acids is 1. The van der Waals surface area contributed by atoms with E-state index in [4.69, 9.17) is 0 Å². The van der Waals surface area contributed by atoms with Gasteiger partial charge in [0.2, 0.25) is 0 Å². The largest absolute Gasteiger partial charge is 0.466 e. The van der Waals surface area contributed by atoms with Gasteiger partial charge in [-0.2, -0.15) is 0 Å². The van der Waals surface area contributed by atoms with Crippen LogP contribution >= 0.6 is 0 Å². The molecule has 0 rings (SSSR count). The monoisotopic (exact) mass is 172 g/mol. The Morgan fingerprint density at radius 3 is 2.58 bits per heavy atom. The first-order valence-electron chi connectivity index (χ1n) is 4.06. The molecule has 0 aromatic rings. The predicted molar refractivity (Wildman–Crippen MR) is 46.6 cm³/mol. The van der Waals surface area contributed by atoms with E-state index in [1.54, 1.807) is 13.0 Å². The van der Waals surface area contributed by atoms with Crippen LogP contribution in [0.3, 0.4) is 0 Å². The van der Waals surface area contributed by atoms with Gasteiger partial charge < -0.3 is 9.84 Å². The van der Waals surface area contributed by atoms with Crippen LogP contribution in [0, 0.1) is 5.92 Å². The number of ether oxygens (including phenoxy) is 1. The molecule has 0 fully saturated rings. The van der Waals surface area contributed by atoms with E-state index in [0.717, 1.165) is 6.42 Å². The highest BCUT2D eigenvalue weighted by Crippen LogP contribution is 2.09. The quantitative estimate of drug-likeness (QED) is 0.510. The zero-order valence-electron chi connectivity index (χ0n) is 7.78. The van der Waals surface area contributed by atoms with Gasteiger partial charge in [0.05, 0.1) is 13.2 Å². The highest BCUT2D eigenvalue weighted by atomic mass is 16.5. The molecule has 0 aliphatic rings. The van der Waals surface area contributed by atoms with Gasteiger partial charge in [0.25, 0.3) is 0 Å². The van der Waals surface area contributed by atoms with E-state index in [1.165, 1.54) is 13.2 Å². The van der Waals surface area contributed by atoms with Crippen molar-refractivity contribution in [2.75, 3.05) is 7.11 Å². The fourth-order valence-corrected chi connectivity index (χ4v) is 0.908. The summed E-state index contributed by atoms with van der Waals surface area (Å²) in [5, 5.41) is 9.19. The third-order valence-corrected chi connectivity index (χ3v) is 1.77. The molecule has 70 valence electrons. The molecule has 2 atom stereocenters. The number of hydrogen-bond acceptors (Lipinski definition) is 3. The fraction of sp³-hybridized carbons (Fsp3) is 0.667. The van der Waals surface area contributed by atoms with Gasteiger partial charge in [-0.05, 0) is 13.3 Å². The first-order chi connectivity index (χ1) is 5.61. The maximum absolute atomic E-state index is 10.7. The van der Waals surface area contributed by atoms with Gasteiger partial charge in [-0.15, -0.1) is 0 Å². The van der Waals surface area contributed by atoms with Crippen LogP contribution in [0.2, 0.25) is 0 Å². The molecule has 0 amide bonds. The van der Waals surface area contributed by atoms with Crippen molar-refractivity contribution < 1.29 is 14.6 Å². The second-order valence-electron chi connectivity index (χ2n) is 2.69. The van der Waals surface area contributed by atoms with Crippen LogP contribution in [0.4, 0.5) is 0 Å². The summed E-state index contributed by atoms with van der Waals surface area (Å²) in [6.07, 6.45) is 3.42.